The third-order valence-corrected chi connectivity index (χ3v) is 5.75. The van der Waals surface area contributed by atoms with E-state index >= 15 is 0 Å². The summed E-state index contributed by atoms with van der Waals surface area (Å²) in [5, 5.41) is 9.42. The van der Waals surface area contributed by atoms with Crippen molar-refractivity contribution < 1.29 is 13.3 Å². The molecule has 0 unspecified atom stereocenters. The van der Waals surface area contributed by atoms with Crippen molar-refractivity contribution >= 4 is 41.4 Å². The van der Waals surface area contributed by atoms with E-state index in [0.717, 1.165) is 11.4 Å². The molecule has 0 atom stereocenters. The van der Waals surface area contributed by atoms with Crippen LogP contribution in [0.15, 0.2) is 42.5 Å². The summed E-state index contributed by atoms with van der Waals surface area (Å²) in [5.74, 6) is -1.01. The van der Waals surface area contributed by atoms with Crippen LogP contribution < -0.4 is 20.1 Å². The Labute approximate surface area is 205 Å². The predicted octanol–water partition coefficient (Wildman–Crippen LogP) is 5.20. The van der Waals surface area contributed by atoms with Gasteiger partial charge in [-0.2, -0.15) is 9.83 Å². The summed E-state index contributed by atoms with van der Waals surface area (Å²) >= 11 is 0. The number of nitriles is 1. The highest BCUT2D eigenvalue weighted by Gasteiger charge is 2.15. The molecular weight excluding hydrogens is 444 g/mol. The van der Waals surface area contributed by atoms with Crippen LogP contribution in [-0.2, 0) is 6.54 Å². The van der Waals surface area contributed by atoms with Gasteiger partial charge in [-0.1, -0.05) is 0 Å². The molecule has 0 aliphatic carbocycles. The largest absolute Gasteiger partial charge is 0.395 e. The predicted molar refractivity (Wildman–Crippen MR) is 141 cm³/mol. The van der Waals surface area contributed by atoms with Crippen molar-refractivity contribution in [2.75, 3.05) is 43.7 Å². The fraction of sp³-hybridized carbons (Fsp3) is 0.214. The lowest BCUT2D eigenvalue weighted by Crippen LogP contribution is -2.38. The molecule has 0 spiro atoms. The molecule has 35 heavy (non-hydrogen) atoms. The van der Waals surface area contributed by atoms with Crippen molar-refractivity contribution in [1.82, 2.24) is 0 Å². The number of nitrogens with zero attached hydrogens (tertiary/aromatic N) is 4. The fourth-order valence-electron chi connectivity index (χ4n) is 3.89. The molecule has 5 nitrogen and oxygen atoms in total. The summed E-state index contributed by atoms with van der Waals surface area (Å²) < 4.78 is 31.8. The van der Waals surface area contributed by atoms with Gasteiger partial charge in [-0.05, 0) is 49.4 Å². The van der Waals surface area contributed by atoms with Crippen LogP contribution in [0.5, 0.6) is 0 Å². The molecule has 1 heterocycles. The minimum absolute atomic E-state index is 0.0128. The Bertz CT molecular complexity index is 1330. The summed E-state index contributed by atoms with van der Waals surface area (Å²) in [6.07, 6.45) is 6.98. The SMILES string of the molecule is CC[n+]1c(/C=C/c2ccc(N(C)C)c(N)c2F)cccc1/C=C/c1ccc(N(C)C)c(C#N)c1F. The molecule has 1 aromatic heterocycles. The quantitative estimate of drug-likeness (QED) is 0.378. The maximum absolute atomic E-state index is 14.9. The topological polar surface area (TPSA) is 60.2 Å². The fourth-order valence-corrected chi connectivity index (χ4v) is 3.89. The maximum Gasteiger partial charge on any atom is 0.205 e. The molecule has 3 rings (SSSR count). The summed E-state index contributed by atoms with van der Waals surface area (Å²) in [6.45, 7) is 2.65. The van der Waals surface area contributed by atoms with E-state index in [-0.39, 0.29) is 11.3 Å². The van der Waals surface area contributed by atoms with Gasteiger partial charge in [0.15, 0.2) is 5.82 Å². The monoisotopic (exact) mass is 474 g/mol. The van der Waals surface area contributed by atoms with Gasteiger partial charge in [0.2, 0.25) is 11.4 Å². The van der Waals surface area contributed by atoms with Crippen LogP contribution in [0.2, 0.25) is 0 Å². The minimum Gasteiger partial charge on any atom is -0.395 e. The molecule has 0 aliphatic heterocycles. The zero-order valence-electron chi connectivity index (χ0n) is 20.7. The first-order valence-electron chi connectivity index (χ1n) is 11.2. The third kappa shape index (κ3) is 5.33. The number of hydrogen-bond donors (Lipinski definition) is 1. The van der Waals surface area contributed by atoms with E-state index in [0.29, 0.717) is 29.0 Å². The Morgan fingerprint density at radius 3 is 1.83 bits per heavy atom. The molecule has 0 radical (unpaired) electrons. The molecule has 0 amide bonds. The van der Waals surface area contributed by atoms with Gasteiger partial charge >= 0.3 is 0 Å². The van der Waals surface area contributed by atoms with Crippen molar-refractivity contribution in [2.45, 2.75) is 13.5 Å². The smallest absolute Gasteiger partial charge is 0.205 e. The molecular formula is C28H30F2N5+. The molecule has 0 aliphatic rings. The summed E-state index contributed by atoms with van der Waals surface area (Å²) in [4.78, 5) is 3.48. The number of pyridine rings is 1. The van der Waals surface area contributed by atoms with Gasteiger partial charge in [-0.25, -0.2) is 8.78 Å². The lowest BCUT2D eigenvalue weighted by atomic mass is 10.1. The first kappa shape index (κ1) is 25.4. The number of nitrogens with two attached hydrogens (primary N) is 1. The van der Waals surface area contributed by atoms with Crippen LogP contribution in [0.3, 0.4) is 0 Å². The zero-order valence-corrected chi connectivity index (χ0v) is 20.7. The number of benzene rings is 2. The lowest BCUT2D eigenvalue weighted by molar-refractivity contribution is -0.696. The molecule has 2 N–H and O–H groups in total. The Hall–Kier alpha value is -4.18. The Balaban J connectivity index is 1.96. The van der Waals surface area contributed by atoms with Crippen molar-refractivity contribution in [3.05, 3.63) is 82.2 Å². The molecule has 0 fully saturated rings. The average molecular weight is 475 g/mol. The van der Waals surface area contributed by atoms with E-state index in [1.165, 1.54) is 0 Å². The van der Waals surface area contributed by atoms with Crippen molar-refractivity contribution in [3.63, 3.8) is 0 Å². The second kappa shape index (κ2) is 10.8. The number of nitrogen functional groups attached to an aromatic ring is 1. The number of hydrogen-bond acceptors (Lipinski definition) is 4. The van der Waals surface area contributed by atoms with Crippen molar-refractivity contribution in [1.29, 1.82) is 5.26 Å². The number of aromatic nitrogens is 1. The Morgan fingerprint density at radius 1 is 0.829 bits per heavy atom. The van der Waals surface area contributed by atoms with Gasteiger partial charge in [0.05, 0.1) is 17.1 Å². The lowest BCUT2D eigenvalue weighted by Gasteiger charge is -2.16. The molecule has 0 saturated carbocycles. The van der Waals surface area contributed by atoms with Crippen LogP contribution in [-0.4, -0.2) is 28.2 Å². The van der Waals surface area contributed by atoms with Crippen molar-refractivity contribution in [2.24, 2.45) is 0 Å². The standard InChI is InChI=1S/C28H30F2N5/c1-6-35-21(14-10-19-12-16-24(33(2)3)23(18-31)26(19)29)8-7-9-22(35)15-11-20-13-17-25(34(4)5)28(32)27(20)30/h7-17H,6,32H2,1-5H3/q+1. The Morgan fingerprint density at radius 2 is 1.34 bits per heavy atom. The normalized spacial score (nSPS) is 11.3. The number of anilines is 3. The second-order valence-electron chi connectivity index (χ2n) is 8.45. The van der Waals surface area contributed by atoms with E-state index in [1.807, 2.05) is 55.9 Å². The van der Waals surface area contributed by atoms with Crippen LogP contribution in [0, 0.1) is 23.0 Å². The minimum atomic E-state index is -0.553. The first-order chi connectivity index (χ1) is 16.7. The van der Waals surface area contributed by atoms with Gasteiger partial charge in [0.1, 0.15) is 24.0 Å². The van der Waals surface area contributed by atoms with E-state index in [2.05, 4.69) is 0 Å². The molecule has 0 bridgehead atoms. The molecule has 2 aromatic carbocycles. The van der Waals surface area contributed by atoms with E-state index in [1.54, 1.807) is 66.4 Å². The summed E-state index contributed by atoms with van der Waals surface area (Å²) in [5.41, 5.74) is 9.66. The third-order valence-electron chi connectivity index (χ3n) is 5.75. The summed E-state index contributed by atoms with van der Waals surface area (Å²) in [6, 6.07) is 14.6. The molecule has 7 heteroatoms. The second-order valence-corrected chi connectivity index (χ2v) is 8.45. The molecule has 3 aromatic rings. The number of halogens is 2. The van der Waals surface area contributed by atoms with Gasteiger partial charge in [0, 0.05) is 63.6 Å². The number of rotatable bonds is 7. The Kier molecular flexibility index (Phi) is 7.87. The molecule has 0 saturated heterocycles. The summed E-state index contributed by atoms with van der Waals surface area (Å²) in [7, 11) is 7.16. The van der Waals surface area contributed by atoms with Crippen LogP contribution in [0.1, 0.15) is 35.0 Å². The van der Waals surface area contributed by atoms with Crippen molar-refractivity contribution in [3.8, 4) is 6.07 Å². The van der Waals surface area contributed by atoms with E-state index in [9.17, 15) is 14.0 Å². The maximum atomic E-state index is 14.9. The first-order valence-corrected chi connectivity index (χ1v) is 11.2. The highest BCUT2D eigenvalue weighted by molar-refractivity contribution is 5.76. The zero-order chi connectivity index (χ0) is 25.7. The highest BCUT2D eigenvalue weighted by atomic mass is 19.1. The van der Waals surface area contributed by atoms with Crippen LogP contribution in [0.25, 0.3) is 24.3 Å². The van der Waals surface area contributed by atoms with Crippen LogP contribution in [0.4, 0.5) is 25.8 Å². The average Bonchev–Trinajstić information content (AvgIpc) is 2.83. The van der Waals surface area contributed by atoms with Gasteiger partial charge in [-0.3, -0.25) is 0 Å². The van der Waals surface area contributed by atoms with E-state index in [4.69, 9.17) is 5.73 Å². The highest BCUT2D eigenvalue weighted by Crippen LogP contribution is 2.28. The van der Waals surface area contributed by atoms with E-state index < -0.39 is 11.6 Å². The van der Waals surface area contributed by atoms with Gasteiger partial charge < -0.3 is 15.5 Å². The molecule has 180 valence electrons. The van der Waals surface area contributed by atoms with Gasteiger partial charge in [-0.15, -0.1) is 0 Å². The van der Waals surface area contributed by atoms with Gasteiger partial charge in [0.25, 0.3) is 0 Å². The van der Waals surface area contributed by atoms with Crippen LogP contribution >= 0.6 is 0 Å².